The van der Waals surface area contributed by atoms with E-state index >= 15 is 0 Å². The van der Waals surface area contributed by atoms with Crippen LogP contribution in [-0.4, -0.2) is 43.3 Å². The second kappa shape index (κ2) is 6.07. The molecule has 2 heterocycles. The average Bonchev–Trinajstić information content (AvgIpc) is 2.39. The van der Waals surface area contributed by atoms with E-state index in [1.54, 1.807) is 4.90 Å². The molecule has 0 bridgehead atoms. The van der Waals surface area contributed by atoms with Crippen LogP contribution >= 0.6 is 11.6 Å². The second-order valence-electron chi connectivity index (χ2n) is 4.69. The Bertz CT molecular complexity index is 598. The summed E-state index contributed by atoms with van der Waals surface area (Å²) in [6.07, 6.45) is 2.63. The third-order valence-corrected chi connectivity index (χ3v) is 5.24. The van der Waals surface area contributed by atoms with Crippen molar-refractivity contribution >= 4 is 27.5 Å². The minimum Gasteiger partial charge on any atom is -0.343 e. The van der Waals surface area contributed by atoms with Crippen molar-refractivity contribution in [2.24, 2.45) is 0 Å². The highest BCUT2D eigenvalue weighted by molar-refractivity contribution is 7.89. The molecule has 110 valence electrons. The van der Waals surface area contributed by atoms with Gasteiger partial charge in [-0.25, -0.2) is 18.1 Å². The molecule has 1 fully saturated rings. The Morgan fingerprint density at radius 1 is 1.45 bits per heavy atom. The van der Waals surface area contributed by atoms with Crippen LogP contribution in [0.25, 0.3) is 0 Å². The van der Waals surface area contributed by atoms with E-state index in [1.165, 1.54) is 25.3 Å². The normalized spacial score (nSPS) is 17.2. The maximum Gasteiger partial charge on any atom is 0.243 e. The van der Waals surface area contributed by atoms with E-state index < -0.39 is 10.0 Å². The number of aromatic nitrogens is 1. The first-order valence-electron chi connectivity index (χ1n) is 6.28. The fraction of sp³-hybridized carbons (Fsp3) is 0.500. The van der Waals surface area contributed by atoms with Gasteiger partial charge in [-0.05, 0) is 25.0 Å². The van der Waals surface area contributed by atoms with Crippen molar-refractivity contribution in [3.05, 3.63) is 23.5 Å². The molecule has 1 aromatic heterocycles. The topological polar surface area (TPSA) is 79.4 Å². The number of hydrogen-bond acceptors (Lipinski definition) is 4. The summed E-state index contributed by atoms with van der Waals surface area (Å²) in [5, 5.41) is -0.0406. The summed E-state index contributed by atoms with van der Waals surface area (Å²) in [5.41, 5.74) is 0. The van der Waals surface area contributed by atoms with Gasteiger partial charge < -0.3 is 4.90 Å². The van der Waals surface area contributed by atoms with Crippen molar-refractivity contribution in [3.8, 4) is 0 Å². The number of carbonyl (C=O) groups excluding carboxylic acids is 1. The van der Waals surface area contributed by atoms with E-state index in [0.717, 1.165) is 0 Å². The molecule has 1 aliphatic rings. The summed E-state index contributed by atoms with van der Waals surface area (Å²) in [5.74, 6) is 0.0154. The lowest BCUT2D eigenvalue weighted by atomic mass is 10.1. The summed E-state index contributed by atoms with van der Waals surface area (Å²) in [7, 11) is -3.68. The van der Waals surface area contributed by atoms with Crippen molar-refractivity contribution in [3.63, 3.8) is 0 Å². The van der Waals surface area contributed by atoms with E-state index in [2.05, 4.69) is 9.71 Å². The molecule has 0 spiro atoms. The van der Waals surface area contributed by atoms with E-state index in [9.17, 15) is 13.2 Å². The molecule has 0 aromatic carbocycles. The number of likely N-dealkylation sites (tertiary alicyclic amines) is 1. The van der Waals surface area contributed by atoms with Crippen molar-refractivity contribution in [1.82, 2.24) is 14.6 Å². The van der Waals surface area contributed by atoms with Gasteiger partial charge in [0, 0.05) is 32.3 Å². The molecule has 0 atom stereocenters. The van der Waals surface area contributed by atoms with E-state index in [4.69, 9.17) is 11.6 Å². The number of piperidine rings is 1. The molecule has 1 N–H and O–H groups in total. The van der Waals surface area contributed by atoms with E-state index in [-0.39, 0.29) is 22.0 Å². The van der Waals surface area contributed by atoms with Crippen LogP contribution < -0.4 is 4.72 Å². The molecule has 0 radical (unpaired) electrons. The maximum absolute atomic E-state index is 12.2. The van der Waals surface area contributed by atoms with Crippen LogP contribution in [0.15, 0.2) is 23.2 Å². The summed E-state index contributed by atoms with van der Waals surface area (Å²) >= 11 is 5.81. The van der Waals surface area contributed by atoms with Crippen LogP contribution in [0.1, 0.15) is 19.8 Å². The standard InChI is InChI=1S/C12H16ClN3O3S/c1-9(17)16-7-4-10(5-8-16)15-20(18,19)11-3-2-6-14-12(11)13/h2-3,6,10,15H,4-5,7-8H2,1H3. The zero-order valence-corrected chi connectivity index (χ0v) is 12.6. The first-order chi connectivity index (χ1) is 9.40. The fourth-order valence-electron chi connectivity index (χ4n) is 2.17. The minimum atomic E-state index is -3.68. The summed E-state index contributed by atoms with van der Waals surface area (Å²) in [6, 6.07) is 2.76. The highest BCUT2D eigenvalue weighted by Crippen LogP contribution is 2.20. The van der Waals surface area contributed by atoms with Gasteiger partial charge in [0.1, 0.15) is 10.0 Å². The van der Waals surface area contributed by atoms with E-state index in [1.807, 2.05) is 0 Å². The molecule has 6 nitrogen and oxygen atoms in total. The molecule has 8 heteroatoms. The van der Waals surface area contributed by atoms with Gasteiger partial charge in [-0.1, -0.05) is 11.6 Å². The minimum absolute atomic E-state index is 0.0154. The molecule has 1 amide bonds. The molecular weight excluding hydrogens is 302 g/mol. The number of hydrogen-bond donors (Lipinski definition) is 1. The Balaban J connectivity index is 2.04. The van der Waals surface area contributed by atoms with Gasteiger partial charge in [0.05, 0.1) is 0 Å². The van der Waals surface area contributed by atoms with Gasteiger partial charge in [-0.15, -0.1) is 0 Å². The predicted octanol–water partition coefficient (Wildman–Crippen LogP) is 1.02. The van der Waals surface area contributed by atoms with Crippen molar-refractivity contribution in [1.29, 1.82) is 0 Å². The summed E-state index contributed by atoms with van der Waals surface area (Å²) < 4.78 is 27.1. The quantitative estimate of drug-likeness (QED) is 0.844. The first kappa shape index (κ1) is 15.2. The Labute approximate surface area is 123 Å². The third-order valence-electron chi connectivity index (χ3n) is 3.28. The molecule has 1 aliphatic heterocycles. The Kier molecular flexibility index (Phi) is 4.62. The molecule has 2 rings (SSSR count). The van der Waals surface area contributed by atoms with Crippen LogP contribution in [0.2, 0.25) is 5.15 Å². The lowest BCUT2D eigenvalue weighted by Gasteiger charge is -2.31. The molecule has 1 aromatic rings. The monoisotopic (exact) mass is 317 g/mol. The molecule has 0 aliphatic carbocycles. The van der Waals surface area contributed by atoms with Crippen molar-refractivity contribution in [2.45, 2.75) is 30.7 Å². The average molecular weight is 318 g/mol. The van der Waals surface area contributed by atoms with Crippen molar-refractivity contribution in [2.75, 3.05) is 13.1 Å². The van der Waals surface area contributed by atoms with Crippen LogP contribution in [0, 0.1) is 0 Å². The Hall–Kier alpha value is -1.18. The van der Waals surface area contributed by atoms with Gasteiger partial charge >= 0.3 is 0 Å². The van der Waals surface area contributed by atoms with Gasteiger partial charge in [0.15, 0.2) is 0 Å². The molecule has 0 saturated carbocycles. The lowest BCUT2D eigenvalue weighted by molar-refractivity contribution is -0.129. The first-order valence-corrected chi connectivity index (χ1v) is 8.14. The molecule has 1 saturated heterocycles. The highest BCUT2D eigenvalue weighted by atomic mass is 35.5. The lowest BCUT2D eigenvalue weighted by Crippen LogP contribution is -2.45. The van der Waals surface area contributed by atoms with Crippen LogP contribution in [0.3, 0.4) is 0 Å². The number of rotatable bonds is 3. The SMILES string of the molecule is CC(=O)N1CCC(NS(=O)(=O)c2cccnc2Cl)CC1. The molecule has 20 heavy (non-hydrogen) atoms. The number of carbonyl (C=O) groups is 1. The molecular formula is C12H16ClN3O3S. The maximum atomic E-state index is 12.2. The van der Waals surface area contributed by atoms with Crippen LogP contribution in [0.5, 0.6) is 0 Å². The van der Waals surface area contributed by atoms with Gasteiger partial charge in [0.25, 0.3) is 0 Å². The van der Waals surface area contributed by atoms with Gasteiger partial charge in [-0.3, -0.25) is 4.79 Å². The van der Waals surface area contributed by atoms with Crippen LogP contribution in [0.4, 0.5) is 0 Å². The number of nitrogens with zero attached hydrogens (tertiary/aromatic N) is 2. The smallest absolute Gasteiger partial charge is 0.243 e. The second-order valence-corrected chi connectivity index (χ2v) is 6.73. The van der Waals surface area contributed by atoms with Gasteiger partial charge in [0.2, 0.25) is 15.9 Å². The molecule has 0 unspecified atom stereocenters. The number of pyridine rings is 1. The fourth-order valence-corrected chi connectivity index (χ4v) is 3.92. The number of nitrogens with one attached hydrogen (secondary N) is 1. The third kappa shape index (κ3) is 3.47. The van der Waals surface area contributed by atoms with Gasteiger partial charge in [-0.2, -0.15) is 0 Å². The zero-order chi connectivity index (χ0) is 14.8. The highest BCUT2D eigenvalue weighted by Gasteiger charge is 2.26. The van der Waals surface area contributed by atoms with Crippen molar-refractivity contribution < 1.29 is 13.2 Å². The largest absolute Gasteiger partial charge is 0.343 e. The summed E-state index contributed by atoms with van der Waals surface area (Å²) in [6.45, 7) is 2.63. The summed E-state index contributed by atoms with van der Waals surface area (Å²) in [4.78, 5) is 16.7. The number of halogens is 1. The Morgan fingerprint density at radius 2 is 2.10 bits per heavy atom. The van der Waals surface area contributed by atoms with Crippen LogP contribution in [-0.2, 0) is 14.8 Å². The number of sulfonamides is 1. The zero-order valence-electron chi connectivity index (χ0n) is 11.0. The predicted molar refractivity (Wildman–Crippen MR) is 74.8 cm³/mol. The van der Waals surface area contributed by atoms with E-state index in [0.29, 0.717) is 25.9 Å². The number of amides is 1. The Morgan fingerprint density at radius 3 is 2.65 bits per heavy atom.